The van der Waals surface area contributed by atoms with E-state index in [-0.39, 0.29) is 18.4 Å². The SMILES string of the molecule is COc1cccc(OCC(=O)Nc2ccc3c(c2)N(Cc2ccc(C)cc2)C(=O)C(C)O3)c1. The van der Waals surface area contributed by atoms with Crippen LogP contribution in [0.3, 0.4) is 0 Å². The number of anilines is 2. The molecule has 33 heavy (non-hydrogen) atoms. The van der Waals surface area contributed by atoms with Gasteiger partial charge in [0.15, 0.2) is 12.7 Å². The predicted molar refractivity (Wildman–Crippen MR) is 126 cm³/mol. The van der Waals surface area contributed by atoms with Crippen molar-refractivity contribution in [3.8, 4) is 17.2 Å². The number of hydrogen-bond donors (Lipinski definition) is 1. The number of carbonyl (C=O) groups is 2. The van der Waals surface area contributed by atoms with Crippen LogP contribution >= 0.6 is 0 Å². The van der Waals surface area contributed by atoms with Gasteiger partial charge in [-0.05, 0) is 49.7 Å². The lowest BCUT2D eigenvalue weighted by Gasteiger charge is -2.33. The number of benzene rings is 3. The van der Waals surface area contributed by atoms with Crippen LogP contribution in [0.1, 0.15) is 18.1 Å². The fourth-order valence-corrected chi connectivity index (χ4v) is 3.56. The highest BCUT2D eigenvalue weighted by atomic mass is 16.5. The fraction of sp³-hybridized carbons (Fsp3) is 0.231. The topological polar surface area (TPSA) is 77.1 Å². The maximum Gasteiger partial charge on any atom is 0.268 e. The molecule has 0 saturated carbocycles. The monoisotopic (exact) mass is 446 g/mol. The maximum atomic E-state index is 12.9. The van der Waals surface area contributed by atoms with Crippen molar-refractivity contribution in [2.45, 2.75) is 26.5 Å². The van der Waals surface area contributed by atoms with Crippen molar-refractivity contribution in [2.24, 2.45) is 0 Å². The summed E-state index contributed by atoms with van der Waals surface area (Å²) in [5, 5.41) is 2.82. The van der Waals surface area contributed by atoms with Crippen LogP contribution in [0, 0.1) is 6.92 Å². The number of nitrogens with one attached hydrogen (secondary N) is 1. The number of methoxy groups -OCH3 is 1. The van der Waals surface area contributed by atoms with E-state index in [2.05, 4.69) is 5.32 Å². The summed E-state index contributed by atoms with van der Waals surface area (Å²) >= 11 is 0. The van der Waals surface area contributed by atoms with Crippen LogP contribution in [0.2, 0.25) is 0 Å². The molecule has 0 aliphatic carbocycles. The molecular weight excluding hydrogens is 420 g/mol. The molecule has 3 aromatic carbocycles. The summed E-state index contributed by atoms with van der Waals surface area (Å²) in [6.07, 6.45) is -0.584. The Morgan fingerprint density at radius 1 is 1.06 bits per heavy atom. The van der Waals surface area contributed by atoms with Crippen LogP contribution in [-0.2, 0) is 16.1 Å². The molecule has 7 nitrogen and oxygen atoms in total. The summed E-state index contributed by atoms with van der Waals surface area (Å²) < 4.78 is 16.5. The molecule has 1 unspecified atom stereocenters. The van der Waals surface area contributed by atoms with Crippen molar-refractivity contribution in [2.75, 3.05) is 23.9 Å². The first-order chi connectivity index (χ1) is 15.9. The highest BCUT2D eigenvalue weighted by Crippen LogP contribution is 2.37. The molecule has 1 aliphatic rings. The van der Waals surface area contributed by atoms with Gasteiger partial charge in [0.05, 0.1) is 19.3 Å². The normalized spacial score (nSPS) is 14.8. The molecule has 2 amide bonds. The summed E-state index contributed by atoms with van der Waals surface area (Å²) in [5.41, 5.74) is 3.33. The molecule has 0 radical (unpaired) electrons. The summed E-state index contributed by atoms with van der Waals surface area (Å²) in [6, 6.07) is 20.3. The van der Waals surface area contributed by atoms with E-state index in [0.717, 1.165) is 11.1 Å². The third-order valence-corrected chi connectivity index (χ3v) is 5.32. The Morgan fingerprint density at radius 3 is 2.58 bits per heavy atom. The summed E-state index contributed by atoms with van der Waals surface area (Å²) in [4.78, 5) is 27.0. The molecule has 3 aromatic rings. The second-order valence-corrected chi connectivity index (χ2v) is 7.87. The van der Waals surface area contributed by atoms with Gasteiger partial charge in [0.2, 0.25) is 0 Å². The van der Waals surface area contributed by atoms with Crippen molar-refractivity contribution >= 4 is 23.2 Å². The van der Waals surface area contributed by atoms with E-state index in [0.29, 0.717) is 35.2 Å². The number of fused-ring (bicyclic) bond motifs is 1. The first-order valence-corrected chi connectivity index (χ1v) is 10.7. The average molecular weight is 447 g/mol. The van der Waals surface area contributed by atoms with Gasteiger partial charge in [0.1, 0.15) is 17.2 Å². The van der Waals surface area contributed by atoms with Crippen LogP contribution in [-0.4, -0.2) is 31.6 Å². The standard InChI is InChI=1S/C26H26N2O5/c1-17-7-9-19(10-8-17)15-28-23-13-20(11-12-24(23)33-18(2)26(28)30)27-25(29)16-32-22-6-4-5-21(14-22)31-3/h4-14,18H,15-16H2,1-3H3,(H,27,29). The first kappa shape index (κ1) is 22.2. The van der Waals surface area contributed by atoms with E-state index >= 15 is 0 Å². The van der Waals surface area contributed by atoms with E-state index in [1.807, 2.05) is 31.2 Å². The molecular formula is C26H26N2O5. The van der Waals surface area contributed by atoms with Gasteiger partial charge in [-0.25, -0.2) is 0 Å². The van der Waals surface area contributed by atoms with E-state index in [9.17, 15) is 9.59 Å². The number of carbonyl (C=O) groups excluding carboxylic acids is 2. The van der Waals surface area contributed by atoms with Gasteiger partial charge in [-0.1, -0.05) is 35.9 Å². The van der Waals surface area contributed by atoms with Gasteiger partial charge in [0.25, 0.3) is 11.8 Å². The molecule has 1 atom stereocenters. The van der Waals surface area contributed by atoms with Crippen LogP contribution in [0.15, 0.2) is 66.7 Å². The Kier molecular flexibility index (Phi) is 6.49. The minimum Gasteiger partial charge on any atom is -0.497 e. The second-order valence-electron chi connectivity index (χ2n) is 7.87. The molecule has 0 aromatic heterocycles. The molecule has 1 heterocycles. The largest absolute Gasteiger partial charge is 0.497 e. The third kappa shape index (κ3) is 5.26. The second kappa shape index (κ2) is 9.65. The number of amides is 2. The minimum absolute atomic E-state index is 0.132. The average Bonchev–Trinajstić information content (AvgIpc) is 2.82. The Morgan fingerprint density at radius 2 is 1.82 bits per heavy atom. The van der Waals surface area contributed by atoms with Crippen LogP contribution in [0.25, 0.3) is 0 Å². The molecule has 7 heteroatoms. The highest BCUT2D eigenvalue weighted by molar-refractivity contribution is 6.01. The summed E-state index contributed by atoms with van der Waals surface area (Å²) in [5.74, 6) is 1.33. The Bertz CT molecular complexity index is 1160. The van der Waals surface area contributed by atoms with E-state index in [1.165, 1.54) is 0 Å². The predicted octanol–water partition coefficient (Wildman–Crippen LogP) is 4.34. The molecule has 1 aliphatic heterocycles. The number of nitrogens with zero attached hydrogens (tertiary/aromatic N) is 1. The Balaban J connectivity index is 1.48. The van der Waals surface area contributed by atoms with E-state index in [1.54, 1.807) is 61.4 Å². The smallest absolute Gasteiger partial charge is 0.268 e. The van der Waals surface area contributed by atoms with Gasteiger partial charge in [-0.3, -0.25) is 9.59 Å². The number of hydrogen-bond acceptors (Lipinski definition) is 5. The van der Waals surface area contributed by atoms with Gasteiger partial charge in [0, 0.05) is 11.8 Å². The van der Waals surface area contributed by atoms with Crippen molar-refractivity contribution in [3.63, 3.8) is 0 Å². The van der Waals surface area contributed by atoms with Crippen molar-refractivity contribution in [3.05, 3.63) is 77.9 Å². The lowest BCUT2D eigenvalue weighted by atomic mass is 10.1. The quantitative estimate of drug-likeness (QED) is 0.584. The maximum absolute atomic E-state index is 12.9. The van der Waals surface area contributed by atoms with Crippen molar-refractivity contribution in [1.29, 1.82) is 0 Å². The zero-order valence-corrected chi connectivity index (χ0v) is 18.8. The number of rotatable bonds is 7. The van der Waals surface area contributed by atoms with Crippen molar-refractivity contribution < 1.29 is 23.8 Å². The minimum atomic E-state index is -0.584. The van der Waals surface area contributed by atoms with Gasteiger partial charge in [-0.2, -0.15) is 0 Å². The lowest BCUT2D eigenvalue weighted by molar-refractivity contribution is -0.125. The van der Waals surface area contributed by atoms with E-state index < -0.39 is 6.10 Å². The number of aryl methyl sites for hydroxylation is 1. The zero-order chi connectivity index (χ0) is 23.4. The molecule has 4 rings (SSSR count). The molecule has 0 saturated heterocycles. The molecule has 0 bridgehead atoms. The molecule has 0 fully saturated rings. The van der Waals surface area contributed by atoms with Gasteiger partial charge < -0.3 is 24.4 Å². The van der Waals surface area contributed by atoms with Crippen LogP contribution in [0.5, 0.6) is 17.2 Å². The van der Waals surface area contributed by atoms with Crippen molar-refractivity contribution in [1.82, 2.24) is 0 Å². The van der Waals surface area contributed by atoms with Crippen LogP contribution in [0.4, 0.5) is 11.4 Å². The zero-order valence-electron chi connectivity index (χ0n) is 18.8. The van der Waals surface area contributed by atoms with E-state index in [4.69, 9.17) is 14.2 Å². The molecule has 0 spiro atoms. The fourth-order valence-electron chi connectivity index (χ4n) is 3.56. The van der Waals surface area contributed by atoms with Gasteiger partial charge in [-0.15, -0.1) is 0 Å². The third-order valence-electron chi connectivity index (χ3n) is 5.32. The molecule has 170 valence electrons. The highest BCUT2D eigenvalue weighted by Gasteiger charge is 2.31. The summed E-state index contributed by atoms with van der Waals surface area (Å²) in [6.45, 7) is 4.01. The lowest BCUT2D eigenvalue weighted by Crippen LogP contribution is -2.44. The first-order valence-electron chi connectivity index (χ1n) is 10.7. The van der Waals surface area contributed by atoms with Crippen LogP contribution < -0.4 is 24.4 Å². The Hall–Kier alpha value is -4.00. The Labute approximate surface area is 192 Å². The van der Waals surface area contributed by atoms with Gasteiger partial charge >= 0.3 is 0 Å². The number of ether oxygens (including phenoxy) is 3. The molecule has 1 N–H and O–H groups in total. The summed E-state index contributed by atoms with van der Waals surface area (Å²) in [7, 11) is 1.57.